The van der Waals surface area contributed by atoms with Crippen molar-refractivity contribution in [2.24, 2.45) is 28.4 Å². The van der Waals surface area contributed by atoms with E-state index in [1.54, 1.807) is 0 Å². The maximum Gasteiger partial charge on any atom is 0.0991 e. The van der Waals surface area contributed by atoms with Gasteiger partial charge >= 0.3 is 0 Å². The van der Waals surface area contributed by atoms with Gasteiger partial charge in [0.05, 0.1) is 13.3 Å². The van der Waals surface area contributed by atoms with Crippen molar-refractivity contribution in [1.29, 1.82) is 0 Å². The zero-order chi connectivity index (χ0) is 12.8. The quantitative estimate of drug-likeness (QED) is 0.816. The second-order valence-corrected chi connectivity index (χ2v) is 7.54. The van der Waals surface area contributed by atoms with E-state index in [1.807, 2.05) is 0 Å². The Hall–Kier alpha value is -0.120. The van der Waals surface area contributed by atoms with E-state index in [-0.39, 0.29) is 11.5 Å². The van der Waals surface area contributed by atoms with Gasteiger partial charge in [0.2, 0.25) is 0 Å². The average Bonchev–Trinajstić information content (AvgIpc) is 2.62. The number of hydrogen-bond acceptors (Lipinski definition) is 3. The predicted molar refractivity (Wildman–Crippen MR) is 70.6 cm³/mol. The molecule has 0 aromatic heterocycles. The van der Waals surface area contributed by atoms with Crippen LogP contribution in [0.15, 0.2) is 0 Å². The molecule has 1 saturated carbocycles. The first-order chi connectivity index (χ1) is 7.73. The molecular formula is C14H28N2O. The predicted octanol–water partition coefficient (Wildman–Crippen LogP) is 1.92. The molecule has 2 N–H and O–H groups in total. The van der Waals surface area contributed by atoms with Crippen molar-refractivity contribution in [1.82, 2.24) is 4.90 Å². The van der Waals surface area contributed by atoms with Crippen molar-refractivity contribution in [3.05, 3.63) is 0 Å². The van der Waals surface area contributed by atoms with Gasteiger partial charge in [-0.3, -0.25) is 4.90 Å². The summed E-state index contributed by atoms with van der Waals surface area (Å²) in [5.74, 6) is 1.81. The summed E-state index contributed by atoms with van der Waals surface area (Å²) < 4.78 is 5.74. The van der Waals surface area contributed by atoms with Crippen molar-refractivity contribution < 1.29 is 4.74 Å². The van der Waals surface area contributed by atoms with Crippen molar-refractivity contribution in [3.63, 3.8) is 0 Å². The van der Waals surface area contributed by atoms with E-state index in [0.717, 1.165) is 18.6 Å². The summed E-state index contributed by atoms with van der Waals surface area (Å²) in [5, 5.41) is 0. The highest BCUT2D eigenvalue weighted by atomic mass is 16.5. The number of hydrogen-bond donors (Lipinski definition) is 1. The smallest absolute Gasteiger partial charge is 0.0991 e. The van der Waals surface area contributed by atoms with E-state index in [1.165, 1.54) is 13.1 Å². The number of fused-ring (bicyclic) bond motifs is 1. The van der Waals surface area contributed by atoms with Crippen molar-refractivity contribution in [3.8, 4) is 0 Å². The summed E-state index contributed by atoms with van der Waals surface area (Å²) >= 11 is 0. The Morgan fingerprint density at radius 3 is 2.29 bits per heavy atom. The molecule has 2 fully saturated rings. The molecule has 2 rings (SSSR count). The van der Waals surface area contributed by atoms with Crippen LogP contribution in [0.4, 0.5) is 0 Å². The Balaban J connectivity index is 1.62. The molecule has 17 heavy (non-hydrogen) atoms. The minimum atomic E-state index is 0.121. The molecule has 0 radical (unpaired) electrons. The van der Waals surface area contributed by atoms with Gasteiger partial charge in [0.15, 0.2) is 0 Å². The summed E-state index contributed by atoms with van der Waals surface area (Å²) in [6.45, 7) is 15.1. The monoisotopic (exact) mass is 240 g/mol. The van der Waals surface area contributed by atoms with Gasteiger partial charge in [0.1, 0.15) is 0 Å². The van der Waals surface area contributed by atoms with E-state index in [0.29, 0.717) is 12.0 Å². The Morgan fingerprint density at radius 1 is 1.29 bits per heavy atom. The molecule has 3 nitrogen and oxygen atoms in total. The summed E-state index contributed by atoms with van der Waals surface area (Å²) in [5.41, 5.74) is 6.80. The Bertz CT molecular complexity index is 268. The maximum absolute atomic E-state index is 6.07. The molecular weight excluding hydrogens is 212 g/mol. The molecule has 0 amide bonds. The Labute approximate surface area is 106 Å². The third kappa shape index (κ3) is 2.67. The summed E-state index contributed by atoms with van der Waals surface area (Å²) in [6.07, 6.45) is 0. The van der Waals surface area contributed by atoms with Crippen molar-refractivity contribution in [2.75, 3.05) is 26.4 Å². The molecule has 1 heterocycles. The van der Waals surface area contributed by atoms with Gasteiger partial charge in [0, 0.05) is 19.1 Å². The number of nitrogens with two attached hydrogens (primary N) is 1. The molecule has 2 unspecified atom stereocenters. The summed E-state index contributed by atoms with van der Waals surface area (Å²) in [4.78, 5) is 2.43. The van der Waals surface area contributed by atoms with Crippen LogP contribution in [0.5, 0.6) is 0 Å². The zero-order valence-electron chi connectivity index (χ0n) is 12.0. The number of piperidine rings is 1. The maximum atomic E-state index is 6.07. The molecule has 1 saturated heterocycles. The number of rotatable bonds is 4. The molecule has 100 valence electrons. The molecule has 2 aliphatic rings. The molecule has 0 aromatic carbocycles. The van der Waals surface area contributed by atoms with Crippen LogP contribution in [-0.4, -0.2) is 37.4 Å². The largest absolute Gasteiger partial charge is 0.364 e. The SMILES string of the molecule is CC1(C)C2CN(COC[C@@H](N)C(C)(C)C)CC21. The molecule has 3 atom stereocenters. The van der Waals surface area contributed by atoms with Crippen LogP contribution in [0.25, 0.3) is 0 Å². The van der Waals surface area contributed by atoms with Gasteiger partial charge < -0.3 is 10.5 Å². The van der Waals surface area contributed by atoms with Crippen LogP contribution in [0, 0.1) is 22.7 Å². The third-order valence-electron chi connectivity index (χ3n) is 4.88. The van der Waals surface area contributed by atoms with Crippen LogP contribution in [0.2, 0.25) is 0 Å². The lowest BCUT2D eigenvalue weighted by atomic mass is 9.88. The summed E-state index contributed by atoms with van der Waals surface area (Å²) in [7, 11) is 0. The highest BCUT2D eigenvalue weighted by Gasteiger charge is 2.61. The van der Waals surface area contributed by atoms with Gasteiger partial charge in [-0.1, -0.05) is 34.6 Å². The van der Waals surface area contributed by atoms with Crippen molar-refractivity contribution >= 4 is 0 Å². The Kier molecular flexibility index (Phi) is 3.30. The van der Waals surface area contributed by atoms with Crippen LogP contribution in [0.3, 0.4) is 0 Å². The minimum absolute atomic E-state index is 0.121. The normalized spacial score (nSPS) is 33.5. The fourth-order valence-corrected chi connectivity index (χ4v) is 2.88. The fourth-order valence-electron chi connectivity index (χ4n) is 2.88. The van der Waals surface area contributed by atoms with Gasteiger partial charge in [0.25, 0.3) is 0 Å². The van der Waals surface area contributed by atoms with E-state index in [2.05, 4.69) is 39.5 Å². The van der Waals surface area contributed by atoms with E-state index in [4.69, 9.17) is 10.5 Å². The highest BCUT2D eigenvalue weighted by Crippen LogP contribution is 2.61. The molecule has 0 aromatic rings. The second kappa shape index (κ2) is 4.22. The number of likely N-dealkylation sites (tertiary alicyclic amines) is 1. The van der Waals surface area contributed by atoms with Crippen LogP contribution < -0.4 is 5.73 Å². The van der Waals surface area contributed by atoms with Crippen LogP contribution >= 0.6 is 0 Å². The first kappa shape index (κ1) is 13.3. The van der Waals surface area contributed by atoms with Gasteiger partial charge in [-0.25, -0.2) is 0 Å². The molecule has 0 bridgehead atoms. The Morgan fingerprint density at radius 2 is 1.82 bits per heavy atom. The van der Waals surface area contributed by atoms with Crippen LogP contribution in [0.1, 0.15) is 34.6 Å². The lowest BCUT2D eigenvalue weighted by Gasteiger charge is -2.28. The molecule has 3 heteroatoms. The standard InChI is InChI=1S/C14H28N2O/c1-13(2,3)12(15)8-17-9-16-6-10-11(7-16)14(10,4)5/h10-12H,6-9,15H2,1-5H3/t10?,11?,12-/m1/s1. The van der Waals surface area contributed by atoms with E-state index < -0.39 is 0 Å². The van der Waals surface area contributed by atoms with Gasteiger partial charge in [-0.2, -0.15) is 0 Å². The number of nitrogens with zero attached hydrogens (tertiary/aromatic N) is 1. The lowest BCUT2D eigenvalue weighted by Crippen LogP contribution is -2.40. The van der Waals surface area contributed by atoms with Crippen LogP contribution in [-0.2, 0) is 4.74 Å². The molecule has 1 aliphatic carbocycles. The minimum Gasteiger partial charge on any atom is -0.364 e. The molecule has 1 aliphatic heterocycles. The molecule has 0 spiro atoms. The van der Waals surface area contributed by atoms with Crippen molar-refractivity contribution in [2.45, 2.75) is 40.7 Å². The lowest BCUT2D eigenvalue weighted by molar-refractivity contribution is 0.0105. The van der Waals surface area contributed by atoms with E-state index >= 15 is 0 Å². The van der Waals surface area contributed by atoms with E-state index in [9.17, 15) is 0 Å². The van der Waals surface area contributed by atoms with Gasteiger partial charge in [-0.15, -0.1) is 0 Å². The number of ether oxygens (including phenoxy) is 1. The fraction of sp³-hybridized carbons (Fsp3) is 1.00. The summed E-state index contributed by atoms with van der Waals surface area (Å²) in [6, 6.07) is 0.121. The first-order valence-corrected chi connectivity index (χ1v) is 6.78. The highest BCUT2D eigenvalue weighted by molar-refractivity contribution is 5.11. The topological polar surface area (TPSA) is 38.5 Å². The third-order valence-corrected chi connectivity index (χ3v) is 4.88. The second-order valence-electron chi connectivity index (χ2n) is 7.54. The average molecular weight is 240 g/mol. The van der Waals surface area contributed by atoms with Gasteiger partial charge in [-0.05, 0) is 22.7 Å². The zero-order valence-corrected chi connectivity index (χ0v) is 12.0. The first-order valence-electron chi connectivity index (χ1n) is 6.78.